The van der Waals surface area contributed by atoms with E-state index in [0.717, 1.165) is 12.0 Å². The standard InChI is InChI=1S/C11H13NO2/c1-8-7-10(12-11(13)14-8)9-5-3-2-4-6-9/h2-6,8,10H,7H2,1H3,(H,12,13). The molecule has 2 rings (SSSR count). The molecule has 1 aromatic carbocycles. The molecule has 1 saturated heterocycles. The lowest BCUT2D eigenvalue weighted by molar-refractivity contribution is 0.0685. The fourth-order valence-corrected chi connectivity index (χ4v) is 1.70. The van der Waals surface area contributed by atoms with Crippen LogP contribution in [0.5, 0.6) is 0 Å². The van der Waals surface area contributed by atoms with Crippen LogP contribution in [0.15, 0.2) is 30.3 Å². The summed E-state index contributed by atoms with van der Waals surface area (Å²) in [4.78, 5) is 11.1. The molecule has 1 aliphatic heterocycles. The van der Waals surface area contributed by atoms with Crippen molar-refractivity contribution in [3.8, 4) is 0 Å². The number of hydrogen-bond acceptors (Lipinski definition) is 2. The predicted molar refractivity (Wildman–Crippen MR) is 52.9 cm³/mol. The Balaban J connectivity index is 2.15. The van der Waals surface area contributed by atoms with Gasteiger partial charge in [-0.25, -0.2) is 4.79 Å². The van der Waals surface area contributed by atoms with Crippen LogP contribution in [0.25, 0.3) is 0 Å². The van der Waals surface area contributed by atoms with Crippen LogP contribution in [0.3, 0.4) is 0 Å². The van der Waals surface area contributed by atoms with Gasteiger partial charge in [0, 0.05) is 6.42 Å². The molecular weight excluding hydrogens is 178 g/mol. The van der Waals surface area contributed by atoms with Gasteiger partial charge in [0.05, 0.1) is 6.04 Å². The van der Waals surface area contributed by atoms with Crippen LogP contribution in [0, 0.1) is 0 Å². The lowest BCUT2D eigenvalue weighted by atomic mass is 10.0. The Morgan fingerprint density at radius 3 is 2.71 bits per heavy atom. The van der Waals surface area contributed by atoms with E-state index in [1.165, 1.54) is 0 Å². The molecule has 0 aromatic heterocycles. The summed E-state index contributed by atoms with van der Waals surface area (Å²) in [6, 6.07) is 10.0. The number of benzene rings is 1. The summed E-state index contributed by atoms with van der Waals surface area (Å²) in [5.74, 6) is 0. The Morgan fingerprint density at radius 2 is 2.07 bits per heavy atom. The minimum atomic E-state index is -0.322. The summed E-state index contributed by atoms with van der Waals surface area (Å²) in [6.45, 7) is 1.91. The van der Waals surface area contributed by atoms with Crippen molar-refractivity contribution in [2.24, 2.45) is 0 Å². The molecule has 0 spiro atoms. The smallest absolute Gasteiger partial charge is 0.407 e. The van der Waals surface area contributed by atoms with Crippen LogP contribution in [0.2, 0.25) is 0 Å². The molecule has 3 heteroatoms. The second-order valence-corrected chi connectivity index (χ2v) is 3.56. The molecule has 74 valence electrons. The highest BCUT2D eigenvalue weighted by Crippen LogP contribution is 2.23. The van der Waals surface area contributed by atoms with Gasteiger partial charge in [-0.1, -0.05) is 30.3 Å². The molecule has 0 saturated carbocycles. The maximum atomic E-state index is 11.1. The number of cyclic esters (lactones) is 1. The molecule has 1 heterocycles. The van der Waals surface area contributed by atoms with Crippen molar-refractivity contribution in [1.82, 2.24) is 5.32 Å². The molecule has 1 fully saturated rings. The maximum absolute atomic E-state index is 11.1. The molecule has 2 unspecified atom stereocenters. The average Bonchev–Trinajstić information content (AvgIpc) is 2.18. The van der Waals surface area contributed by atoms with Crippen LogP contribution in [-0.4, -0.2) is 12.2 Å². The van der Waals surface area contributed by atoms with Gasteiger partial charge in [-0.15, -0.1) is 0 Å². The summed E-state index contributed by atoms with van der Waals surface area (Å²) < 4.78 is 4.99. The zero-order valence-corrected chi connectivity index (χ0v) is 8.07. The Labute approximate surface area is 83.1 Å². The zero-order valence-electron chi connectivity index (χ0n) is 8.07. The molecular formula is C11H13NO2. The molecule has 0 radical (unpaired) electrons. The molecule has 3 nitrogen and oxygen atoms in total. The average molecular weight is 191 g/mol. The fraction of sp³-hybridized carbons (Fsp3) is 0.364. The van der Waals surface area contributed by atoms with Gasteiger partial charge in [0.2, 0.25) is 0 Å². The molecule has 14 heavy (non-hydrogen) atoms. The number of carbonyl (C=O) groups excluding carboxylic acids is 1. The highest BCUT2D eigenvalue weighted by molar-refractivity contribution is 5.69. The first kappa shape index (κ1) is 9.06. The number of amides is 1. The third-order valence-corrected chi connectivity index (χ3v) is 2.37. The van der Waals surface area contributed by atoms with Crippen molar-refractivity contribution in [2.45, 2.75) is 25.5 Å². The van der Waals surface area contributed by atoms with Crippen molar-refractivity contribution in [3.05, 3.63) is 35.9 Å². The Kier molecular flexibility index (Phi) is 2.39. The van der Waals surface area contributed by atoms with Crippen LogP contribution >= 0.6 is 0 Å². The van der Waals surface area contributed by atoms with Crippen LogP contribution in [-0.2, 0) is 4.74 Å². The van der Waals surface area contributed by atoms with E-state index in [2.05, 4.69) is 5.32 Å². The molecule has 0 bridgehead atoms. The van der Waals surface area contributed by atoms with Gasteiger partial charge in [0.15, 0.2) is 0 Å². The molecule has 1 N–H and O–H groups in total. The number of carbonyl (C=O) groups is 1. The van der Waals surface area contributed by atoms with E-state index in [0.29, 0.717) is 0 Å². The summed E-state index contributed by atoms with van der Waals surface area (Å²) in [6.07, 6.45) is 0.502. The van der Waals surface area contributed by atoms with Crippen molar-refractivity contribution < 1.29 is 9.53 Å². The maximum Gasteiger partial charge on any atom is 0.407 e. The van der Waals surface area contributed by atoms with Gasteiger partial charge in [-0.2, -0.15) is 0 Å². The number of hydrogen-bond donors (Lipinski definition) is 1. The van der Waals surface area contributed by atoms with Crippen molar-refractivity contribution >= 4 is 6.09 Å². The minimum Gasteiger partial charge on any atom is -0.446 e. The number of rotatable bonds is 1. The van der Waals surface area contributed by atoms with E-state index < -0.39 is 0 Å². The van der Waals surface area contributed by atoms with Gasteiger partial charge in [0.1, 0.15) is 6.10 Å². The van der Waals surface area contributed by atoms with E-state index >= 15 is 0 Å². The lowest BCUT2D eigenvalue weighted by Gasteiger charge is -2.28. The number of ether oxygens (including phenoxy) is 1. The van der Waals surface area contributed by atoms with Crippen molar-refractivity contribution in [1.29, 1.82) is 0 Å². The van der Waals surface area contributed by atoms with Crippen LogP contribution < -0.4 is 5.32 Å². The number of nitrogens with one attached hydrogen (secondary N) is 1. The van der Waals surface area contributed by atoms with Crippen LogP contribution in [0.1, 0.15) is 24.9 Å². The predicted octanol–water partition coefficient (Wildman–Crippen LogP) is 2.25. The summed E-state index contributed by atoms with van der Waals surface area (Å²) in [5.41, 5.74) is 1.14. The van der Waals surface area contributed by atoms with E-state index in [9.17, 15) is 4.79 Å². The van der Waals surface area contributed by atoms with E-state index in [4.69, 9.17) is 4.74 Å². The normalized spacial score (nSPS) is 26.5. The second-order valence-electron chi connectivity index (χ2n) is 3.56. The Morgan fingerprint density at radius 1 is 1.36 bits per heavy atom. The zero-order chi connectivity index (χ0) is 9.97. The highest BCUT2D eigenvalue weighted by Gasteiger charge is 2.25. The second kappa shape index (κ2) is 3.70. The largest absolute Gasteiger partial charge is 0.446 e. The minimum absolute atomic E-state index is 0.00560. The molecule has 0 aliphatic carbocycles. The SMILES string of the molecule is CC1CC(c2ccccc2)NC(=O)O1. The lowest BCUT2D eigenvalue weighted by Crippen LogP contribution is -2.39. The monoisotopic (exact) mass is 191 g/mol. The van der Waals surface area contributed by atoms with Gasteiger partial charge in [-0.05, 0) is 12.5 Å². The third kappa shape index (κ3) is 1.87. The molecule has 2 atom stereocenters. The van der Waals surface area contributed by atoms with Gasteiger partial charge in [0.25, 0.3) is 0 Å². The van der Waals surface area contributed by atoms with Gasteiger partial charge < -0.3 is 10.1 Å². The fourth-order valence-electron chi connectivity index (χ4n) is 1.70. The summed E-state index contributed by atoms with van der Waals surface area (Å²) in [5, 5.41) is 2.80. The van der Waals surface area contributed by atoms with Crippen molar-refractivity contribution in [2.75, 3.05) is 0 Å². The first-order valence-electron chi connectivity index (χ1n) is 4.78. The van der Waals surface area contributed by atoms with Crippen LogP contribution in [0.4, 0.5) is 4.79 Å². The quantitative estimate of drug-likeness (QED) is 0.739. The summed E-state index contributed by atoms with van der Waals surface area (Å²) >= 11 is 0. The highest BCUT2D eigenvalue weighted by atomic mass is 16.6. The number of alkyl carbamates (subject to hydrolysis) is 1. The van der Waals surface area contributed by atoms with E-state index in [1.807, 2.05) is 37.3 Å². The van der Waals surface area contributed by atoms with Gasteiger partial charge >= 0.3 is 6.09 Å². The molecule has 1 aliphatic rings. The first-order valence-corrected chi connectivity index (χ1v) is 4.78. The Bertz CT molecular complexity index is 323. The van der Waals surface area contributed by atoms with Crippen molar-refractivity contribution in [3.63, 3.8) is 0 Å². The van der Waals surface area contributed by atoms with Gasteiger partial charge in [-0.3, -0.25) is 0 Å². The molecule has 1 amide bonds. The summed E-state index contributed by atoms with van der Waals surface area (Å²) in [7, 11) is 0. The molecule has 1 aromatic rings. The third-order valence-electron chi connectivity index (χ3n) is 2.37. The Hall–Kier alpha value is -1.51. The van der Waals surface area contributed by atoms with E-state index in [-0.39, 0.29) is 18.2 Å². The first-order chi connectivity index (χ1) is 6.75. The van der Waals surface area contributed by atoms with E-state index in [1.54, 1.807) is 0 Å². The topological polar surface area (TPSA) is 38.3 Å².